The summed E-state index contributed by atoms with van der Waals surface area (Å²) in [6, 6.07) is 9.08. The maximum absolute atomic E-state index is 12.4. The maximum atomic E-state index is 12.4. The topological polar surface area (TPSA) is 50.8 Å². The van der Waals surface area contributed by atoms with E-state index in [4.69, 9.17) is 21.1 Å². The van der Waals surface area contributed by atoms with Crippen LogP contribution in [0.1, 0.15) is 4.88 Å². The smallest absolute Gasteiger partial charge is 0.238 e. The maximum Gasteiger partial charge on any atom is 0.238 e. The summed E-state index contributed by atoms with van der Waals surface area (Å²) in [5.74, 6) is 1.07. The van der Waals surface area contributed by atoms with E-state index in [2.05, 4.69) is 11.9 Å². The van der Waals surface area contributed by atoms with Crippen LogP contribution < -0.4 is 14.8 Å². The molecule has 0 fully saturated rings. The number of anilines is 1. The van der Waals surface area contributed by atoms with Crippen molar-refractivity contribution in [2.75, 3.05) is 32.6 Å². The number of rotatable bonds is 9. The van der Waals surface area contributed by atoms with Gasteiger partial charge in [-0.25, -0.2) is 0 Å². The van der Waals surface area contributed by atoms with Crippen molar-refractivity contribution in [3.63, 3.8) is 0 Å². The summed E-state index contributed by atoms with van der Waals surface area (Å²) in [5, 5.41) is 2.87. The van der Waals surface area contributed by atoms with Crippen molar-refractivity contribution >= 4 is 34.5 Å². The standard InChI is InChI=1S/C18H21ClN2O3S/c1-4-9-21(11-14-6-8-17(19)25-14)12-18(22)20-13-5-7-15(23-2)16(10-13)24-3/h4-8,10H,1,9,11-12H2,2-3H3,(H,20,22). The lowest BCUT2D eigenvalue weighted by molar-refractivity contribution is -0.117. The third kappa shape index (κ3) is 5.77. The summed E-state index contributed by atoms with van der Waals surface area (Å²) in [4.78, 5) is 15.5. The fourth-order valence-corrected chi connectivity index (χ4v) is 3.47. The third-order valence-electron chi connectivity index (χ3n) is 3.43. The molecule has 1 aromatic carbocycles. The molecule has 25 heavy (non-hydrogen) atoms. The molecule has 0 unspecified atom stereocenters. The van der Waals surface area contributed by atoms with Gasteiger partial charge >= 0.3 is 0 Å². The lowest BCUT2D eigenvalue weighted by Gasteiger charge is -2.19. The van der Waals surface area contributed by atoms with Crippen LogP contribution in [-0.2, 0) is 11.3 Å². The Balaban J connectivity index is 1.99. The van der Waals surface area contributed by atoms with Crippen molar-refractivity contribution in [2.24, 2.45) is 0 Å². The summed E-state index contributed by atoms with van der Waals surface area (Å²) < 4.78 is 11.2. The molecule has 0 aliphatic rings. The number of ether oxygens (including phenoxy) is 2. The minimum absolute atomic E-state index is 0.114. The van der Waals surface area contributed by atoms with Crippen molar-refractivity contribution in [2.45, 2.75) is 6.54 Å². The molecule has 0 atom stereocenters. The molecule has 1 amide bonds. The summed E-state index contributed by atoms with van der Waals surface area (Å²) >= 11 is 7.48. The normalized spacial score (nSPS) is 10.6. The van der Waals surface area contributed by atoms with E-state index in [1.54, 1.807) is 38.5 Å². The molecule has 0 radical (unpaired) electrons. The molecule has 0 aliphatic carbocycles. The summed E-state index contributed by atoms with van der Waals surface area (Å²) in [6.45, 7) is 5.25. The Morgan fingerprint density at radius 1 is 1.28 bits per heavy atom. The predicted molar refractivity (Wildman–Crippen MR) is 103 cm³/mol. The SMILES string of the molecule is C=CCN(CC(=O)Nc1ccc(OC)c(OC)c1)Cc1ccc(Cl)s1. The molecule has 0 saturated heterocycles. The lowest BCUT2D eigenvalue weighted by Crippen LogP contribution is -2.32. The van der Waals surface area contributed by atoms with Gasteiger partial charge in [-0.2, -0.15) is 0 Å². The van der Waals surface area contributed by atoms with E-state index in [9.17, 15) is 4.79 Å². The monoisotopic (exact) mass is 380 g/mol. The number of carbonyl (C=O) groups excluding carboxylic acids is 1. The number of halogens is 1. The van der Waals surface area contributed by atoms with Crippen LogP contribution >= 0.6 is 22.9 Å². The van der Waals surface area contributed by atoms with Crippen LogP contribution in [0.25, 0.3) is 0 Å². The Labute approximate surface area is 156 Å². The van der Waals surface area contributed by atoms with Gasteiger partial charge in [-0.15, -0.1) is 17.9 Å². The number of benzene rings is 1. The number of thiophene rings is 1. The first-order valence-corrected chi connectivity index (χ1v) is 8.84. The van der Waals surface area contributed by atoms with Crippen molar-refractivity contribution in [1.29, 1.82) is 0 Å². The van der Waals surface area contributed by atoms with Gasteiger partial charge in [0, 0.05) is 29.7 Å². The highest BCUT2D eigenvalue weighted by atomic mass is 35.5. The fourth-order valence-electron chi connectivity index (χ4n) is 2.34. The summed E-state index contributed by atoms with van der Waals surface area (Å²) in [7, 11) is 3.13. The van der Waals surface area contributed by atoms with Crippen molar-refractivity contribution in [1.82, 2.24) is 4.90 Å². The van der Waals surface area contributed by atoms with Crippen LogP contribution in [-0.4, -0.2) is 38.1 Å². The van der Waals surface area contributed by atoms with E-state index in [0.717, 1.165) is 9.21 Å². The molecule has 0 saturated carbocycles. The second-order valence-electron chi connectivity index (χ2n) is 5.28. The van der Waals surface area contributed by atoms with Crippen molar-refractivity contribution < 1.29 is 14.3 Å². The van der Waals surface area contributed by atoms with Gasteiger partial charge in [0.05, 0.1) is 25.1 Å². The first-order valence-electron chi connectivity index (χ1n) is 7.65. The molecule has 1 N–H and O–H groups in total. The number of carbonyl (C=O) groups is 1. The molecule has 0 spiro atoms. The Morgan fingerprint density at radius 3 is 2.64 bits per heavy atom. The van der Waals surface area contributed by atoms with E-state index in [1.807, 2.05) is 17.0 Å². The van der Waals surface area contributed by atoms with Crippen LogP contribution in [0.2, 0.25) is 4.34 Å². The quantitative estimate of drug-likeness (QED) is 0.667. The Morgan fingerprint density at radius 2 is 2.04 bits per heavy atom. The van der Waals surface area contributed by atoms with Gasteiger partial charge in [-0.05, 0) is 24.3 Å². The van der Waals surface area contributed by atoms with Crippen LogP contribution in [0.5, 0.6) is 11.5 Å². The Hall–Kier alpha value is -2.02. The minimum atomic E-state index is -0.114. The molecule has 134 valence electrons. The molecule has 1 heterocycles. The molecule has 0 bridgehead atoms. The van der Waals surface area contributed by atoms with Gasteiger partial charge in [-0.1, -0.05) is 17.7 Å². The first-order chi connectivity index (χ1) is 12.0. The highest BCUT2D eigenvalue weighted by Gasteiger charge is 2.13. The number of hydrogen-bond acceptors (Lipinski definition) is 5. The van der Waals surface area contributed by atoms with Gasteiger partial charge in [0.15, 0.2) is 11.5 Å². The van der Waals surface area contributed by atoms with Gasteiger partial charge in [-0.3, -0.25) is 9.69 Å². The molecule has 2 rings (SSSR count). The first kappa shape index (κ1) is 19.3. The number of amides is 1. The zero-order valence-corrected chi connectivity index (χ0v) is 15.8. The molecule has 7 heteroatoms. The fraction of sp³-hybridized carbons (Fsp3) is 0.278. The molecule has 2 aromatic rings. The van der Waals surface area contributed by atoms with Gasteiger partial charge < -0.3 is 14.8 Å². The highest BCUT2D eigenvalue weighted by Crippen LogP contribution is 2.29. The van der Waals surface area contributed by atoms with E-state index >= 15 is 0 Å². The Kier molecular flexibility index (Phi) is 7.31. The van der Waals surface area contributed by atoms with E-state index in [0.29, 0.717) is 30.3 Å². The number of methoxy groups -OCH3 is 2. The van der Waals surface area contributed by atoms with Crippen LogP contribution in [0.4, 0.5) is 5.69 Å². The molecular weight excluding hydrogens is 360 g/mol. The van der Waals surface area contributed by atoms with Gasteiger partial charge in [0.25, 0.3) is 0 Å². The molecule has 0 aliphatic heterocycles. The largest absolute Gasteiger partial charge is 0.493 e. The average Bonchev–Trinajstić information content (AvgIpc) is 2.99. The number of hydrogen-bond donors (Lipinski definition) is 1. The summed E-state index contributed by atoms with van der Waals surface area (Å²) in [5.41, 5.74) is 0.653. The minimum Gasteiger partial charge on any atom is -0.493 e. The van der Waals surface area contributed by atoms with Crippen molar-refractivity contribution in [3.05, 3.63) is 52.2 Å². The van der Waals surface area contributed by atoms with Gasteiger partial charge in [0.2, 0.25) is 5.91 Å². The second kappa shape index (κ2) is 9.46. The molecule has 5 nitrogen and oxygen atoms in total. The predicted octanol–water partition coefficient (Wildman–Crippen LogP) is 4.05. The molecule has 1 aromatic heterocycles. The van der Waals surface area contributed by atoms with Crippen molar-refractivity contribution in [3.8, 4) is 11.5 Å². The Bertz CT molecular complexity index is 733. The van der Waals surface area contributed by atoms with Crippen LogP contribution in [0.15, 0.2) is 43.0 Å². The average molecular weight is 381 g/mol. The number of nitrogens with zero attached hydrogens (tertiary/aromatic N) is 1. The number of nitrogens with one attached hydrogen (secondary N) is 1. The zero-order valence-electron chi connectivity index (χ0n) is 14.3. The van der Waals surface area contributed by atoms with E-state index in [-0.39, 0.29) is 12.5 Å². The van der Waals surface area contributed by atoms with Crippen LogP contribution in [0.3, 0.4) is 0 Å². The lowest BCUT2D eigenvalue weighted by atomic mass is 10.2. The van der Waals surface area contributed by atoms with Gasteiger partial charge in [0.1, 0.15) is 0 Å². The van der Waals surface area contributed by atoms with Crippen LogP contribution in [0, 0.1) is 0 Å². The highest BCUT2D eigenvalue weighted by molar-refractivity contribution is 7.16. The van der Waals surface area contributed by atoms with E-state index < -0.39 is 0 Å². The second-order valence-corrected chi connectivity index (χ2v) is 7.08. The zero-order chi connectivity index (χ0) is 18.2. The summed E-state index contributed by atoms with van der Waals surface area (Å²) in [6.07, 6.45) is 1.78. The third-order valence-corrected chi connectivity index (χ3v) is 4.65. The molecular formula is C18H21ClN2O3S. The van der Waals surface area contributed by atoms with E-state index in [1.165, 1.54) is 11.3 Å².